The number of carbonyl (C=O) groups excluding carboxylic acids is 2. The number of benzene rings is 1. The van der Waals surface area contributed by atoms with Crippen LogP contribution in [0.25, 0.3) is 0 Å². The lowest BCUT2D eigenvalue weighted by molar-refractivity contribution is -0.116. The van der Waals surface area contributed by atoms with Crippen LogP contribution in [-0.2, 0) is 9.59 Å². The van der Waals surface area contributed by atoms with Crippen LogP contribution in [0.4, 0.5) is 5.82 Å². The number of aromatic nitrogens is 1. The Labute approximate surface area is 185 Å². The first kappa shape index (κ1) is 20.6. The number of pyridine rings is 1. The van der Waals surface area contributed by atoms with Crippen LogP contribution in [0.3, 0.4) is 0 Å². The number of carbonyl (C=O) groups is 2. The van der Waals surface area contributed by atoms with Crippen molar-refractivity contribution in [1.82, 2.24) is 10.3 Å². The van der Waals surface area contributed by atoms with E-state index in [0.29, 0.717) is 44.7 Å². The van der Waals surface area contributed by atoms with E-state index in [1.807, 2.05) is 26.0 Å². The van der Waals surface area contributed by atoms with Crippen LogP contribution in [0.5, 0.6) is 0 Å². The van der Waals surface area contributed by atoms with Crippen molar-refractivity contribution in [2.24, 2.45) is 0 Å². The SMILES string of the molecule is CC1=C(C(=O)Nc2ccc(C)cn2)C(c2cccc(Cl)c2Cl)C2=C(CCCC2=O)N1. The lowest BCUT2D eigenvalue weighted by atomic mass is 9.75. The van der Waals surface area contributed by atoms with Gasteiger partial charge in [0, 0.05) is 41.1 Å². The molecule has 0 spiro atoms. The predicted octanol–water partition coefficient (Wildman–Crippen LogP) is 5.30. The fraction of sp³-hybridized carbons (Fsp3) is 0.261. The molecular formula is C23H21Cl2N3O2. The molecule has 1 aliphatic heterocycles. The fourth-order valence-electron chi connectivity index (χ4n) is 4.06. The summed E-state index contributed by atoms with van der Waals surface area (Å²) in [7, 11) is 0. The minimum absolute atomic E-state index is 0.0241. The summed E-state index contributed by atoms with van der Waals surface area (Å²) in [4.78, 5) is 30.6. The maximum atomic E-state index is 13.4. The molecule has 1 aromatic carbocycles. The minimum Gasteiger partial charge on any atom is -0.362 e. The van der Waals surface area contributed by atoms with E-state index in [4.69, 9.17) is 23.2 Å². The van der Waals surface area contributed by atoms with Gasteiger partial charge >= 0.3 is 0 Å². The van der Waals surface area contributed by atoms with E-state index in [0.717, 1.165) is 24.1 Å². The Bertz CT molecular complexity index is 1100. The van der Waals surface area contributed by atoms with Crippen molar-refractivity contribution in [1.29, 1.82) is 0 Å². The molecule has 1 atom stereocenters. The van der Waals surface area contributed by atoms with E-state index in [1.54, 1.807) is 24.4 Å². The second-order valence-electron chi connectivity index (χ2n) is 7.58. The molecule has 0 saturated heterocycles. The summed E-state index contributed by atoms with van der Waals surface area (Å²) >= 11 is 12.8. The van der Waals surface area contributed by atoms with Crippen molar-refractivity contribution in [3.05, 3.63) is 80.2 Å². The maximum absolute atomic E-state index is 13.4. The molecule has 154 valence electrons. The largest absolute Gasteiger partial charge is 0.362 e. The highest BCUT2D eigenvalue weighted by Gasteiger charge is 2.39. The lowest BCUT2D eigenvalue weighted by Gasteiger charge is -2.35. The molecule has 0 saturated carbocycles. The predicted molar refractivity (Wildman–Crippen MR) is 119 cm³/mol. The number of aryl methyl sites for hydroxylation is 1. The van der Waals surface area contributed by atoms with Crippen LogP contribution >= 0.6 is 23.2 Å². The smallest absolute Gasteiger partial charge is 0.255 e. The third-order valence-corrected chi connectivity index (χ3v) is 6.30. The number of nitrogens with one attached hydrogen (secondary N) is 2. The zero-order valence-electron chi connectivity index (χ0n) is 16.7. The molecule has 2 N–H and O–H groups in total. The summed E-state index contributed by atoms with van der Waals surface area (Å²) in [5, 5.41) is 6.88. The van der Waals surface area contributed by atoms with Gasteiger partial charge in [0.1, 0.15) is 5.82 Å². The molecule has 0 radical (unpaired) electrons. The molecule has 1 unspecified atom stereocenters. The van der Waals surface area contributed by atoms with Crippen molar-refractivity contribution in [2.45, 2.75) is 39.0 Å². The summed E-state index contributed by atoms with van der Waals surface area (Å²) in [6.07, 6.45) is 3.67. The van der Waals surface area contributed by atoms with E-state index in [1.165, 1.54) is 0 Å². The third-order valence-electron chi connectivity index (χ3n) is 5.47. The van der Waals surface area contributed by atoms with E-state index < -0.39 is 5.92 Å². The summed E-state index contributed by atoms with van der Waals surface area (Å²) in [5.41, 5.74) is 4.22. The quantitative estimate of drug-likeness (QED) is 0.677. The van der Waals surface area contributed by atoms with Crippen molar-refractivity contribution < 1.29 is 9.59 Å². The Kier molecular flexibility index (Phi) is 5.67. The molecular weight excluding hydrogens is 421 g/mol. The Morgan fingerprint density at radius 2 is 1.97 bits per heavy atom. The number of hydrogen-bond donors (Lipinski definition) is 2. The number of rotatable bonds is 3. The van der Waals surface area contributed by atoms with E-state index in [-0.39, 0.29) is 11.7 Å². The van der Waals surface area contributed by atoms with Crippen molar-refractivity contribution in [2.75, 3.05) is 5.32 Å². The summed E-state index contributed by atoms with van der Waals surface area (Å²) in [6.45, 7) is 3.77. The summed E-state index contributed by atoms with van der Waals surface area (Å²) < 4.78 is 0. The molecule has 1 aromatic heterocycles. The number of anilines is 1. The zero-order chi connectivity index (χ0) is 21.4. The summed E-state index contributed by atoms with van der Waals surface area (Å²) in [6, 6.07) is 8.92. The van der Waals surface area contributed by atoms with Crippen LogP contribution in [-0.4, -0.2) is 16.7 Å². The van der Waals surface area contributed by atoms with Gasteiger partial charge in [-0.2, -0.15) is 0 Å². The molecule has 2 aromatic rings. The van der Waals surface area contributed by atoms with Crippen LogP contribution in [0.2, 0.25) is 10.0 Å². The van der Waals surface area contributed by atoms with Crippen LogP contribution in [0.1, 0.15) is 43.2 Å². The average molecular weight is 442 g/mol. The standard InChI is InChI=1S/C23H21Cl2N3O2/c1-12-9-10-18(26-11-12)28-23(30)19-13(2)27-16-7-4-8-17(29)21(16)20(19)14-5-3-6-15(24)22(14)25/h3,5-6,9-11,20,27H,4,7-8H2,1-2H3,(H,26,28,30). The molecule has 4 rings (SSSR count). The van der Waals surface area contributed by atoms with Gasteiger partial charge in [0.05, 0.1) is 10.0 Å². The number of amides is 1. The minimum atomic E-state index is -0.592. The van der Waals surface area contributed by atoms with Crippen molar-refractivity contribution >= 4 is 40.7 Å². The number of dihydropyridines is 1. The second kappa shape index (κ2) is 8.25. The van der Waals surface area contributed by atoms with Gasteiger partial charge in [-0.05, 0) is 49.9 Å². The van der Waals surface area contributed by atoms with E-state index >= 15 is 0 Å². The first-order valence-corrected chi connectivity index (χ1v) is 10.5. The number of Topliss-reactive ketones (excluding diaryl/α,β-unsaturated/α-hetero) is 1. The average Bonchev–Trinajstić information content (AvgIpc) is 2.71. The molecule has 5 nitrogen and oxygen atoms in total. The van der Waals surface area contributed by atoms with Crippen LogP contribution < -0.4 is 10.6 Å². The number of ketones is 1. The molecule has 2 heterocycles. The van der Waals surface area contributed by atoms with E-state index in [9.17, 15) is 9.59 Å². The number of nitrogens with zero attached hydrogens (tertiary/aromatic N) is 1. The highest BCUT2D eigenvalue weighted by atomic mass is 35.5. The Balaban J connectivity index is 1.82. The number of hydrogen-bond acceptors (Lipinski definition) is 4. The third kappa shape index (κ3) is 3.75. The lowest BCUT2D eigenvalue weighted by Crippen LogP contribution is -2.35. The molecule has 0 bridgehead atoms. The number of allylic oxidation sites excluding steroid dienone is 3. The van der Waals surface area contributed by atoms with Gasteiger partial charge in [-0.3, -0.25) is 9.59 Å². The Morgan fingerprint density at radius 3 is 2.70 bits per heavy atom. The van der Waals surface area contributed by atoms with Gasteiger partial charge in [0.15, 0.2) is 5.78 Å². The molecule has 1 aliphatic carbocycles. The zero-order valence-corrected chi connectivity index (χ0v) is 18.2. The van der Waals surface area contributed by atoms with Gasteiger partial charge in [-0.25, -0.2) is 4.98 Å². The van der Waals surface area contributed by atoms with Crippen LogP contribution in [0.15, 0.2) is 59.1 Å². The number of halogens is 2. The van der Waals surface area contributed by atoms with Gasteiger partial charge in [0.2, 0.25) is 0 Å². The Morgan fingerprint density at radius 1 is 1.17 bits per heavy atom. The molecule has 0 fully saturated rings. The van der Waals surface area contributed by atoms with Gasteiger partial charge < -0.3 is 10.6 Å². The topological polar surface area (TPSA) is 71.1 Å². The molecule has 1 amide bonds. The van der Waals surface area contributed by atoms with Gasteiger partial charge in [-0.1, -0.05) is 41.4 Å². The van der Waals surface area contributed by atoms with Crippen molar-refractivity contribution in [3.63, 3.8) is 0 Å². The van der Waals surface area contributed by atoms with Gasteiger partial charge in [-0.15, -0.1) is 0 Å². The maximum Gasteiger partial charge on any atom is 0.255 e. The first-order chi connectivity index (χ1) is 14.4. The highest BCUT2D eigenvalue weighted by molar-refractivity contribution is 6.42. The second-order valence-corrected chi connectivity index (χ2v) is 8.37. The normalized spacial score (nSPS) is 18.8. The molecule has 2 aliphatic rings. The van der Waals surface area contributed by atoms with Crippen molar-refractivity contribution in [3.8, 4) is 0 Å². The van der Waals surface area contributed by atoms with E-state index in [2.05, 4.69) is 15.6 Å². The summed E-state index contributed by atoms with van der Waals surface area (Å²) in [5.74, 6) is -0.458. The van der Waals surface area contributed by atoms with Gasteiger partial charge in [0.25, 0.3) is 5.91 Å². The van der Waals surface area contributed by atoms with Crippen LogP contribution in [0, 0.1) is 6.92 Å². The first-order valence-electron chi connectivity index (χ1n) is 9.78. The Hall–Kier alpha value is -2.63. The fourth-order valence-corrected chi connectivity index (χ4v) is 4.48. The molecule has 30 heavy (non-hydrogen) atoms. The monoisotopic (exact) mass is 441 g/mol. The highest BCUT2D eigenvalue weighted by Crippen LogP contribution is 2.45. The molecule has 7 heteroatoms.